The van der Waals surface area contributed by atoms with Gasteiger partial charge in [-0.05, 0) is 43.9 Å². The number of likely N-dealkylation sites (tertiary alicyclic amines) is 1. The van der Waals surface area contributed by atoms with E-state index in [1.807, 2.05) is 6.07 Å². The highest BCUT2D eigenvalue weighted by molar-refractivity contribution is 6.34. The molecule has 1 unspecified atom stereocenters. The van der Waals surface area contributed by atoms with Crippen LogP contribution in [0.1, 0.15) is 53.5 Å². The molecule has 2 aliphatic rings. The Morgan fingerprint density at radius 3 is 2.76 bits per heavy atom. The normalized spacial score (nSPS) is 22.2. The molecule has 34 heavy (non-hydrogen) atoms. The Balaban J connectivity index is 1.59. The van der Waals surface area contributed by atoms with Gasteiger partial charge in [0.25, 0.3) is 5.91 Å². The lowest BCUT2D eigenvalue weighted by atomic mass is 9.97. The van der Waals surface area contributed by atoms with Gasteiger partial charge in [-0.2, -0.15) is 18.3 Å². The predicted molar refractivity (Wildman–Crippen MR) is 123 cm³/mol. The molecular formula is C23H25ClF3N5O2. The second-order valence-corrected chi connectivity index (χ2v) is 8.56. The number of aliphatic imine (C=N–C) groups is 1. The molecule has 2 aliphatic heterocycles. The number of rotatable bonds is 3. The van der Waals surface area contributed by atoms with Gasteiger partial charge in [0.15, 0.2) is 6.23 Å². The summed E-state index contributed by atoms with van der Waals surface area (Å²) in [6.45, 7) is 1.03. The van der Waals surface area contributed by atoms with E-state index in [1.165, 1.54) is 17.0 Å². The van der Waals surface area contributed by atoms with Crippen molar-refractivity contribution in [1.29, 1.82) is 0 Å². The maximum absolute atomic E-state index is 13.2. The number of aromatic nitrogens is 2. The van der Waals surface area contributed by atoms with Crippen molar-refractivity contribution in [2.24, 2.45) is 10.7 Å². The van der Waals surface area contributed by atoms with Crippen molar-refractivity contribution in [3.63, 3.8) is 0 Å². The lowest BCUT2D eigenvalue weighted by Gasteiger charge is -2.31. The van der Waals surface area contributed by atoms with Gasteiger partial charge in [-0.25, -0.2) is 4.68 Å². The first-order chi connectivity index (χ1) is 16.2. The molecule has 1 atom stereocenters. The van der Waals surface area contributed by atoms with Gasteiger partial charge in [0, 0.05) is 32.0 Å². The van der Waals surface area contributed by atoms with Crippen LogP contribution in [0.2, 0.25) is 5.02 Å². The van der Waals surface area contributed by atoms with E-state index in [0.29, 0.717) is 30.1 Å². The molecule has 2 aromatic rings. The van der Waals surface area contributed by atoms with Crippen LogP contribution in [0.3, 0.4) is 0 Å². The number of halogens is 4. The molecule has 2 N–H and O–H groups in total. The van der Waals surface area contributed by atoms with Crippen LogP contribution in [0.15, 0.2) is 41.0 Å². The summed E-state index contributed by atoms with van der Waals surface area (Å²) in [5.74, 6) is -0.587. The third kappa shape index (κ3) is 4.69. The SMILES string of the molecule is CN=C1CN(C(=O)c2cccc(C(F)(F)F)c2Cl)CCC1=C(N)c1ccnn1C1CCCCO1. The molecule has 0 spiro atoms. The van der Waals surface area contributed by atoms with Crippen molar-refractivity contribution < 1.29 is 22.7 Å². The fourth-order valence-corrected chi connectivity index (χ4v) is 4.64. The minimum absolute atomic E-state index is 0.103. The summed E-state index contributed by atoms with van der Waals surface area (Å²) in [5.41, 5.74) is 7.88. The Labute approximate surface area is 200 Å². The third-order valence-corrected chi connectivity index (χ3v) is 6.52. The number of hydrogen-bond donors (Lipinski definition) is 1. The highest BCUT2D eigenvalue weighted by Gasteiger charge is 2.36. The van der Waals surface area contributed by atoms with Crippen molar-refractivity contribution in [3.8, 4) is 0 Å². The van der Waals surface area contributed by atoms with Crippen molar-refractivity contribution >= 4 is 28.9 Å². The van der Waals surface area contributed by atoms with Crippen LogP contribution >= 0.6 is 11.6 Å². The van der Waals surface area contributed by atoms with E-state index >= 15 is 0 Å². The van der Waals surface area contributed by atoms with Gasteiger partial charge in [-0.15, -0.1) is 0 Å². The van der Waals surface area contributed by atoms with Crippen LogP contribution in [-0.4, -0.2) is 53.0 Å². The average Bonchev–Trinajstić information content (AvgIpc) is 3.33. The fourth-order valence-electron chi connectivity index (χ4n) is 4.33. The van der Waals surface area contributed by atoms with Crippen LogP contribution in [-0.2, 0) is 10.9 Å². The number of hydrogen-bond acceptors (Lipinski definition) is 5. The molecule has 11 heteroatoms. The summed E-state index contributed by atoms with van der Waals surface area (Å²) in [4.78, 5) is 18.8. The Kier molecular flexibility index (Phi) is 6.99. The Morgan fingerprint density at radius 1 is 1.29 bits per heavy atom. The molecule has 1 aromatic carbocycles. The van der Waals surface area contributed by atoms with Crippen LogP contribution < -0.4 is 5.73 Å². The molecule has 1 aromatic heterocycles. The topological polar surface area (TPSA) is 85.7 Å². The van der Waals surface area contributed by atoms with Crippen molar-refractivity contribution in [2.75, 3.05) is 26.7 Å². The Morgan fingerprint density at radius 2 is 2.09 bits per heavy atom. The van der Waals surface area contributed by atoms with E-state index in [1.54, 1.807) is 17.9 Å². The summed E-state index contributed by atoms with van der Waals surface area (Å²) in [6.07, 6.45) is 0.0969. The van der Waals surface area contributed by atoms with Crippen LogP contribution in [0.25, 0.3) is 5.70 Å². The zero-order valence-corrected chi connectivity index (χ0v) is 19.4. The first-order valence-electron chi connectivity index (χ1n) is 11.0. The number of ether oxygens (including phenoxy) is 1. The summed E-state index contributed by atoms with van der Waals surface area (Å²) < 4.78 is 47.3. The number of carbonyl (C=O) groups excluding carboxylic acids is 1. The van der Waals surface area contributed by atoms with Crippen molar-refractivity contribution in [2.45, 2.75) is 38.1 Å². The average molecular weight is 496 g/mol. The molecule has 2 saturated heterocycles. The summed E-state index contributed by atoms with van der Waals surface area (Å²) in [7, 11) is 1.59. The van der Waals surface area contributed by atoms with Gasteiger partial charge < -0.3 is 15.4 Å². The van der Waals surface area contributed by atoms with E-state index in [-0.39, 0.29) is 24.9 Å². The molecule has 0 radical (unpaired) electrons. The number of piperidine rings is 1. The Bertz CT molecular complexity index is 1140. The standard InChI is InChI=1S/C23H25ClF3N5O2/c1-29-17-13-31(22(33)15-5-4-6-16(20(15)24)23(25,26)27)11-9-14(17)21(28)18-8-10-30-32(18)19-7-2-3-12-34-19/h4-6,8,10,19H,2-3,7,9,11-13,28H2,1H3. The molecule has 4 rings (SSSR count). The van der Waals surface area contributed by atoms with E-state index in [2.05, 4.69) is 10.1 Å². The molecule has 182 valence electrons. The van der Waals surface area contributed by atoms with Crippen molar-refractivity contribution in [1.82, 2.24) is 14.7 Å². The van der Waals surface area contributed by atoms with Crippen LogP contribution in [0.5, 0.6) is 0 Å². The molecular weight excluding hydrogens is 471 g/mol. The maximum atomic E-state index is 13.2. The smallest absolute Gasteiger partial charge is 0.397 e. The highest BCUT2D eigenvalue weighted by atomic mass is 35.5. The summed E-state index contributed by atoms with van der Waals surface area (Å²) in [5, 5.41) is 3.79. The molecule has 0 aliphatic carbocycles. The maximum Gasteiger partial charge on any atom is 0.417 e. The number of nitrogens with zero attached hydrogens (tertiary/aromatic N) is 4. The molecule has 0 bridgehead atoms. The quantitative estimate of drug-likeness (QED) is 0.677. The second-order valence-electron chi connectivity index (χ2n) is 8.19. The zero-order valence-electron chi connectivity index (χ0n) is 18.6. The molecule has 1 amide bonds. The molecule has 0 saturated carbocycles. The Hall–Kier alpha value is -2.85. The number of amides is 1. The van der Waals surface area contributed by atoms with Gasteiger partial charge in [0.2, 0.25) is 0 Å². The first kappa shape index (κ1) is 24.3. The molecule has 3 heterocycles. The monoisotopic (exact) mass is 495 g/mol. The molecule has 7 nitrogen and oxygen atoms in total. The van der Waals surface area contributed by atoms with E-state index in [9.17, 15) is 18.0 Å². The van der Waals surface area contributed by atoms with Gasteiger partial charge in [0.05, 0.1) is 39.8 Å². The van der Waals surface area contributed by atoms with E-state index in [0.717, 1.165) is 30.9 Å². The first-order valence-corrected chi connectivity index (χ1v) is 11.3. The zero-order chi connectivity index (χ0) is 24.5. The lowest BCUT2D eigenvalue weighted by Crippen LogP contribution is -2.42. The fraction of sp³-hybridized carbons (Fsp3) is 0.435. The third-order valence-electron chi connectivity index (χ3n) is 6.11. The number of carbonyl (C=O) groups is 1. The van der Waals surface area contributed by atoms with E-state index in [4.69, 9.17) is 22.1 Å². The van der Waals surface area contributed by atoms with Crippen LogP contribution in [0, 0.1) is 0 Å². The minimum atomic E-state index is -4.65. The number of nitrogens with two attached hydrogens (primary N) is 1. The predicted octanol–water partition coefficient (Wildman–Crippen LogP) is 4.54. The van der Waals surface area contributed by atoms with Gasteiger partial charge in [-0.1, -0.05) is 17.7 Å². The largest absolute Gasteiger partial charge is 0.417 e. The number of alkyl halides is 3. The summed E-state index contributed by atoms with van der Waals surface area (Å²) >= 11 is 5.97. The van der Waals surface area contributed by atoms with Crippen LogP contribution in [0.4, 0.5) is 13.2 Å². The number of benzene rings is 1. The second kappa shape index (κ2) is 9.79. The lowest BCUT2D eigenvalue weighted by molar-refractivity contribution is -0.137. The van der Waals surface area contributed by atoms with Crippen molar-refractivity contribution in [3.05, 3.63) is 57.9 Å². The van der Waals surface area contributed by atoms with Gasteiger partial charge in [0.1, 0.15) is 0 Å². The molecule has 2 fully saturated rings. The van der Waals surface area contributed by atoms with Gasteiger partial charge >= 0.3 is 6.18 Å². The van der Waals surface area contributed by atoms with E-state index < -0.39 is 22.7 Å². The highest BCUT2D eigenvalue weighted by Crippen LogP contribution is 2.37. The summed E-state index contributed by atoms with van der Waals surface area (Å²) in [6, 6.07) is 5.14. The van der Waals surface area contributed by atoms with Gasteiger partial charge in [-0.3, -0.25) is 9.79 Å². The minimum Gasteiger partial charge on any atom is -0.397 e.